The van der Waals surface area contributed by atoms with Gasteiger partial charge in [-0.2, -0.15) is 0 Å². The average molecular weight is 318 g/mol. The van der Waals surface area contributed by atoms with Gasteiger partial charge in [0.1, 0.15) is 11.9 Å². The molecule has 0 unspecified atom stereocenters. The van der Waals surface area contributed by atoms with Gasteiger partial charge < -0.3 is 18.9 Å². The number of hydrogen-bond donors (Lipinski definition) is 0. The number of carbonyl (C=O) groups excluding carboxylic acids is 1. The Balaban J connectivity index is 2.54. The first-order valence-corrected chi connectivity index (χ1v) is 7.23. The highest BCUT2D eigenvalue weighted by molar-refractivity contribution is 5.87. The molecular formula is C18H22O5. The number of ether oxygens (including phenoxy) is 4. The minimum Gasteiger partial charge on any atom is -0.468 e. The van der Waals surface area contributed by atoms with Crippen molar-refractivity contribution in [3.8, 4) is 17.8 Å². The van der Waals surface area contributed by atoms with Crippen molar-refractivity contribution in [2.24, 2.45) is 0 Å². The molecule has 0 heterocycles. The van der Waals surface area contributed by atoms with Crippen LogP contribution in [0.4, 0.5) is 0 Å². The zero-order valence-electron chi connectivity index (χ0n) is 13.9. The maximum Gasteiger partial charge on any atom is 0.332 e. The molecule has 0 atom stereocenters. The van der Waals surface area contributed by atoms with Crippen molar-refractivity contribution < 1.29 is 23.7 Å². The van der Waals surface area contributed by atoms with Gasteiger partial charge in [-0.05, 0) is 50.5 Å². The Labute approximate surface area is 137 Å². The number of carbonyl (C=O) groups is 1. The van der Waals surface area contributed by atoms with E-state index in [-0.39, 0.29) is 6.79 Å². The molecule has 0 N–H and O–H groups in total. The van der Waals surface area contributed by atoms with Crippen LogP contribution in [0.25, 0.3) is 6.08 Å². The van der Waals surface area contributed by atoms with Gasteiger partial charge in [0.2, 0.25) is 0 Å². The molecule has 0 aliphatic heterocycles. The van der Waals surface area contributed by atoms with Crippen LogP contribution in [-0.4, -0.2) is 32.1 Å². The fourth-order valence-electron chi connectivity index (χ4n) is 1.52. The largest absolute Gasteiger partial charge is 0.468 e. The van der Waals surface area contributed by atoms with E-state index in [1.54, 1.807) is 32.1 Å². The van der Waals surface area contributed by atoms with E-state index in [0.29, 0.717) is 12.4 Å². The lowest BCUT2D eigenvalue weighted by molar-refractivity contribution is -0.145. The molecule has 0 bridgehead atoms. The molecule has 5 nitrogen and oxygen atoms in total. The molecule has 1 rings (SSSR count). The lowest BCUT2D eigenvalue weighted by atomic mass is 10.1. The topological polar surface area (TPSA) is 54.0 Å². The highest BCUT2D eigenvalue weighted by Crippen LogP contribution is 2.14. The molecule has 0 fully saturated rings. The van der Waals surface area contributed by atoms with Crippen LogP contribution in [0.15, 0.2) is 30.3 Å². The first-order chi connectivity index (χ1) is 11.0. The summed E-state index contributed by atoms with van der Waals surface area (Å²) in [6, 6.07) is 7.28. The molecule has 0 radical (unpaired) electrons. The molecule has 1 aromatic carbocycles. The van der Waals surface area contributed by atoms with Crippen LogP contribution in [0.3, 0.4) is 0 Å². The Morgan fingerprint density at radius 2 is 1.96 bits per heavy atom. The summed E-state index contributed by atoms with van der Waals surface area (Å²) in [5.74, 6) is 2.92. The van der Waals surface area contributed by atoms with Gasteiger partial charge in [0.25, 0.3) is 0 Å². The third-order valence-electron chi connectivity index (χ3n) is 2.61. The molecule has 0 aliphatic carbocycles. The highest BCUT2D eigenvalue weighted by Gasteiger charge is 2.18. The molecule has 0 saturated carbocycles. The van der Waals surface area contributed by atoms with Crippen molar-refractivity contribution in [3.63, 3.8) is 0 Å². The van der Waals surface area contributed by atoms with Crippen LogP contribution in [0.2, 0.25) is 0 Å². The van der Waals surface area contributed by atoms with Gasteiger partial charge in [0.15, 0.2) is 12.4 Å². The smallest absolute Gasteiger partial charge is 0.332 e. The van der Waals surface area contributed by atoms with Crippen molar-refractivity contribution in [2.75, 3.05) is 20.5 Å². The highest BCUT2D eigenvalue weighted by atomic mass is 16.7. The summed E-state index contributed by atoms with van der Waals surface area (Å²) in [6.45, 7) is 6.10. The van der Waals surface area contributed by atoms with Crippen molar-refractivity contribution in [1.82, 2.24) is 0 Å². The quantitative estimate of drug-likeness (QED) is 0.254. The van der Waals surface area contributed by atoms with E-state index in [2.05, 4.69) is 16.8 Å². The fourth-order valence-corrected chi connectivity index (χ4v) is 1.52. The zero-order chi connectivity index (χ0) is 17.1. The molecule has 5 heteroatoms. The van der Waals surface area contributed by atoms with Crippen LogP contribution in [0.1, 0.15) is 26.3 Å². The SMILES string of the molecule is CCOCOc1ccc(/C=C/C(=O)OC(C)(C)C#COC)cc1. The Morgan fingerprint density at radius 1 is 1.26 bits per heavy atom. The zero-order valence-corrected chi connectivity index (χ0v) is 13.9. The summed E-state index contributed by atoms with van der Waals surface area (Å²) < 4.78 is 20.3. The first-order valence-electron chi connectivity index (χ1n) is 7.23. The lowest BCUT2D eigenvalue weighted by Crippen LogP contribution is -2.25. The fraction of sp³-hybridized carbons (Fsp3) is 0.389. The Kier molecular flexibility index (Phi) is 7.72. The minimum atomic E-state index is -0.908. The molecule has 23 heavy (non-hydrogen) atoms. The van der Waals surface area contributed by atoms with Crippen LogP contribution in [-0.2, 0) is 19.0 Å². The predicted octanol–water partition coefficient (Wildman–Crippen LogP) is 3.00. The third-order valence-corrected chi connectivity index (χ3v) is 2.61. The Morgan fingerprint density at radius 3 is 2.57 bits per heavy atom. The predicted molar refractivity (Wildman–Crippen MR) is 87.6 cm³/mol. The minimum absolute atomic E-state index is 0.218. The normalized spacial score (nSPS) is 10.8. The summed E-state index contributed by atoms with van der Waals surface area (Å²) in [5, 5.41) is 0. The van der Waals surface area contributed by atoms with Crippen LogP contribution in [0, 0.1) is 12.0 Å². The van der Waals surface area contributed by atoms with E-state index in [0.717, 1.165) is 5.56 Å². The van der Waals surface area contributed by atoms with Gasteiger partial charge in [-0.1, -0.05) is 12.1 Å². The second-order valence-electron chi connectivity index (χ2n) is 5.02. The van der Waals surface area contributed by atoms with Gasteiger partial charge >= 0.3 is 5.97 Å². The molecule has 1 aromatic rings. The number of esters is 1. The molecule has 0 amide bonds. The van der Waals surface area contributed by atoms with E-state index < -0.39 is 11.6 Å². The summed E-state index contributed by atoms with van der Waals surface area (Å²) in [7, 11) is 1.45. The Bertz CT molecular complexity index is 576. The summed E-state index contributed by atoms with van der Waals surface area (Å²) in [5.41, 5.74) is -0.0551. The molecule has 0 aromatic heterocycles. The third kappa shape index (κ3) is 7.93. The van der Waals surface area contributed by atoms with Gasteiger partial charge in [-0.15, -0.1) is 0 Å². The molecular weight excluding hydrogens is 296 g/mol. The standard InChI is InChI=1S/C18H22O5/c1-5-21-14-22-16-9-6-15(7-10-16)8-11-17(19)23-18(2,3)12-13-20-4/h6-11H,5,14H2,1-4H3/b11-8+. The average Bonchev–Trinajstić information content (AvgIpc) is 2.52. The second kappa shape index (κ2) is 9.54. The van der Waals surface area contributed by atoms with Gasteiger partial charge in [-0.25, -0.2) is 4.79 Å². The van der Waals surface area contributed by atoms with E-state index in [1.807, 2.05) is 19.1 Å². The first kappa shape index (κ1) is 18.6. The van der Waals surface area contributed by atoms with Gasteiger partial charge in [-0.3, -0.25) is 0 Å². The number of benzene rings is 1. The monoisotopic (exact) mass is 318 g/mol. The maximum absolute atomic E-state index is 11.8. The summed E-state index contributed by atoms with van der Waals surface area (Å²) in [4.78, 5) is 11.8. The number of methoxy groups -OCH3 is 1. The molecule has 0 spiro atoms. The van der Waals surface area contributed by atoms with Crippen LogP contribution in [0.5, 0.6) is 5.75 Å². The van der Waals surface area contributed by atoms with Gasteiger partial charge in [0.05, 0.1) is 7.11 Å². The molecule has 0 saturated heterocycles. The number of rotatable bonds is 7. The summed E-state index contributed by atoms with van der Waals surface area (Å²) >= 11 is 0. The lowest BCUT2D eigenvalue weighted by Gasteiger charge is -2.16. The second-order valence-corrected chi connectivity index (χ2v) is 5.02. The van der Waals surface area contributed by atoms with E-state index in [9.17, 15) is 4.79 Å². The Hall–Kier alpha value is -2.45. The van der Waals surface area contributed by atoms with Gasteiger partial charge in [0, 0.05) is 12.7 Å². The van der Waals surface area contributed by atoms with Crippen molar-refractivity contribution in [3.05, 3.63) is 35.9 Å². The van der Waals surface area contributed by atoms with Crippen molar-refractivity contribution in [2.45, 2.75) is 26.4 Å². The van der Waals surface area contributed by atoms with E-state index in [1.165, 1.54) is 13.2 Å². The number of hydrogen-bond acceptors (Lipinski definition) is 5. The maximum atomic E-state index is 11.8. The van der Waals surface area contributed by atoms with Crippen molar-refractivity contribution >= 4 is 12.0 Å². The van der Waals surface area contributed by atoms with Crippen LogP contribution >= 0.6 is 0 Å². The van der Waals surface area contributed by atoms with Crippen LogP contribution < -0.4 is 4.74 Å². The van der Waals surface area contributed by atoms with Crippen molar-refractivity contribution in [1.29, 1.82) is 0 Å². The molecule has 124 valence electrons. The summed E-state index contributed by atoms with van der Waals surface area (Å²) in [6.07, 6.45) is 5.43. The van der Waals surface area contributed by atoms with E-state index >= 15 is 0 Å². The van der Waals surface area contributed by atoms with E-state index in [4.69, 9.17) is 14.2 Å². The molecule has 0 aliphatic rings.